The van der Waals surface area contributed by atoms with Gasteiger partial charge < -0.3 is 4.98 Å². The van der Waals surface area contributed by atoms with E-state index in [4.69, 9.17) is 0 Å². The van der Waals surface area contributed by atoms with Gasteiger partial charge in [-0.1, -0.05) is 12.1 Å². The zero-order chi connectivity index (χ0) is 11.7. The summed E-state index contributed by atoms with van der Waals surface area (Å²) in [5.74, 6) is 0.715. The molecule has 0 bridgehead atoms. The largest absolute Gasteiger partial charge is 0.310 e. The predicted octanol–water partition coefficient (Wildman–Crippen LogP) is 2.58. The van der Waals surface area contributed by atoms with Crippen molar-refractivity contribution in [2.24, 2.45) is 0 Å². The average Bonchev–Trinajstić information content (AvgIpc) is 2.82. The lowest BCUT2D eigenvalue weighted by Gasteiger charge is -2.01. The maximum absolute atomic E-state index is 11.8. The third-order valence-electron chi connectivity index (χ3n) is 2.61. The highest BCUT2D eigenvalue weighted by Crippen LogP contribution is 2.11. The lowest BCUT2D eigenvalue weighted by molar-refractivity contribution is 0.977. The molecule has 0 amide bonds. The van der Waals surface area contributed by atoms with E-state index in [0.29, 0.717) is 17.6 Å². The smallest absolute Gasteiger partial charge is 0.258 e. The standard InChI is InChI=1S/C13H10N2OS/c16-13-10-3-1-2-4-11(10)14-12(15-13)7-9-5-6-17-8-9/h1-6,8H,7H2,(H,14,15,16). The van der Waals surface area contributed by atoms with Crippen molar-refractivity contribution in [3.05, 3.63) is 62.8 Å². The lowest BCUT2D eigenvalue weighted by Crippen LogP contribution is -2.11. The molecule has 1 aromatic carbocycles. The fraction of sp³-hybridized carbons (Fsp3) is 0.0769. The molecule has 0 aliphatic carbocycles. The van der Waals surface area contributed by atoms with Gasteiger partial charge in [-0.15, -0.1) is 0 Å². The molecule has 0 fully saturated rings. The molecular formula is C13H10N2OS. The number of hydrogen-bond donors (Lipinski definition) is 1. The molecule has 0 aliphatic heterocycles. The Balaban J connectivity index is 2.10. The van der Waals surface area contributed by atoms with Crippen molar-refractivity contribution in [3.8, 4) is 0 Å². The van der Waals surface area contributed by atoms with Gasteiger partial charge in [0.25, 0.3) is 5.56 Å². The van der Waals surface area contributed by atoms with Crippen LogP contribution in [0.5, 0.6) is 0 Å². The van der Waals surface area contributed by atoms with Gasteiger partial charge in [-0.25, -0.2) is 4.98 Å². The average molecular weight is 242 g/mol. The van der Waals surface area contributed by atoms with E-state index in [0.717, 1.165) is 5.52 Å². The first-order chi connectivity index (χ1) is 8.33. The van der Waals surface area contributed by atoms with E-state index in [1.165, 1.54) is 5.56 Å². The number of rotatable bonds is 2. The summed E-state index contributed by atoms with van der Waals surface area (Å²) < 4.78 is 0. The fourth-order valence-electron chi connectivity index (χ4n) is 1.81. The number of benzene rings is 1. The van der Waals surface area contributed by atoms with E-state index in [9.17, 15) is 4.79 Å². The molecule has 3 nitrogen and oxygen atoms in total. The van der Waals surface area contributed by atoms with Gasteiger partial charge in [-0.2, -0.15) is 11.3 Å². The van der Waals surface area contributed by atoms with Crippen molar-refractivity contribution in [1.82, 2.24) is 9.97 Å². The molecule has 1 N–H and O–H groups in total. The summed E-state index contributed by atoms with van der Waals surface area (Å²) in [4.78, 5) is 19.1. The van der Waals surface area contributed by atoms with Gasteiger partial charge in [0, 0.05) is 6.42 Å². The van der Waals surface area contributed by atoms with Crippen molar-refractivity contribution >= 4 is 22.2 Å². The molecule has 4 heteroatoms. The number of nitrogens with zero attached hydrogens (tertiary/aromatic N) is 1. The normalized spacial score (nSPS) is 10.8. The second kappa shape index (κ2) is 4.14. The molecule has 0 saturated carbocycles. The van der Waals surface area contributed by atoms with Gasteiger partial charge in [-0.3, -0.25) is 4.79 Å². The van der Waals surface area contributed by atoms with Gasteiger partial charge in [-0.05, 0) is 34.5 Å². The Morgan fingerprint density at radius 1 is 1.24 bits per heavy atom. The third-order valence-corrected chi connectivity index (χ3v) is 3.35. The molecule has 0 atom stereocenters. The highest BCUT2D eigenvalue weighted by molar-refractivity contribution is 7.07. The Kier molecular flexibility index (Phi) is 2.49. The van der Waals surface area contributed by atoms with Crippen LogP contribution in [0.3, 0.4) is 0 Å². The van der Waals surface area contributed by atoms with Crippen LogP contribution in [0.15, 0.2) is 45.9 Å². The molecule has 0 aliphatic rings. The van der Waals surface area contributed by atoms with E-state index in [2.05, 4.69) is 15.3 Å². The SMILES string of the molecule is O=c1[nH]c(Cc2ccsc2)nc2ccccc12. The summed E-state index contributed by atoms with van der Waals surface area (Å²) in [6, 6.07) is 9.43. The van der Waals surface area contributed by atoms with Gasteiger partial charge in [0.1, 0.15) is 5.82 Å². The monoisotopic (exact) mass is 242 g/mol. The number of H-pyrrole nitrogens is 1. The van der Waals surface area contributed by atoms with Crippen LogP contribution >= 0.6 is 11.3 Å². The van der Waals surface area contributed by atoms with Crippen molar-refractivity contribution in [3.63, 3.8) is 0 Å². The minimum Gasteiger partial charge on any atom is -0.310 e. The molecule has 0 saturated heterocycles. The second-order valence-electron chi connectivity index (χ2n) is 3.84. The second-order valence-corrected chi connectivity index (χ2v) is 4.62. The first-order valence-corrected chi connectivity index (χ1v) is 6.26. The van der Waals surface area contributed by atoms with Crippen molar-refractivity contribution in [1.29, 1.82) is 0 Å². The van der Waals surface area contributed by atoms with Crippen molar-refractivity contribution < 1.29 is 0 Å². The van der Waals surface area contributed by atoms with Crippen molar-refractivity contribution in [2.75, 3.05) is 0 Å². The van der Waals surface area contributed by atoms with Crippen LogP contribution in [0.2, 0.25) is 0 Å². The summed E-state index contributed by atoms with van der Waals surface area (Å²) in [7, 11) is 0. The minimum atomic E-state index is -0.0687. The molecule has 17 heavy (non-hydrogen) atoms. The zero-order valence-corrected chi connectivity index (χ0v) is 9.83. The summed E-state index contributed by atoms with van der Waals surface area (Å²) >= 11 is 1.65. The fourth-order valence-corrected chi connectivity index (χ4v) is 2.47. The van der Waals surface area contributed by atoms with E-state index in [-0.39, 0.29) is 5.56 Å². The van der Waals surface area contributed by atoms with Gasteiger partial charge in [0.15, 0.2) is 0 Å². The summed E-state index contributed by atoms with van der Waals surface area (Å²) in [6.07, 6.45) is 0.670. The number of hydrogen-bond acceptors (Lipinski definition) is 3. The van der Waals surface area contributed by atoms with Crippen LogP contribution in [0, 0.1) is 0 Å². The van der Waals surface area contributed by atoms with Gasteiger partial charge in [0.05, 0.1) is 10.9 Å². The Hall–Kier alpha value is -1.94. The maximum Gasteiger partial charge on any atom is 0.258 e. The Morgan fingerprint density at radius 2 is 2.12 bits per heavy atom. The number of nitrogens with one attached hydrogen (secondary N) is 1. The number of para-hydroxylation sites is 1. The summed E-state index contributed by atoms with van der Waals surface area (Å²) in [5.41, 5.74) is 1.86. The number of fused-ring (bicyclic) bond motifs is 1. The highest BCUT2D eigenvalue weighted by Gasteiger charge is 2.04. The van der Waals surface area contributed by atoms with E-state index in [1.54, 1.807) is 17.4 Å². The Labute approximate surface area is 102 Å². The van der Waals surface area contributed by atoms with Crippen LogP contribution in [0.1, 0.15) is 11.4 Å². The summed E-state index contributed by atoms with van der Waals surface area (Å²) in [5, 5.41) is 4.73. The predicted molar refractivity (Wildman–Crippen MR) is 69.5 cm³/mol. The molecular weight excluding hydrogens is 232 g/mol. The highest BCUT2D eigenvalue weighted by atomic mass is 32.1. The topological polar surface area (TPSA) is 45.8 Å². The van der Waals surface area contributed by atoms with Crippen LogP contribution in [-0.2, 0) is 6.42 Å². The zero-order valence-electron chi connectivity index (χ0n) is 9.01. The lowest BCUT2D eigenvalue weighted by atomic mass is 10.2. The first kappa shape index (κ1) is 10.2. The maximum atomic E-state index is 11.8. The van der Waals surface area contributed by atoms with E-state index >= 15 is 0 Å². The third kappa shape index (κ3) is 1.99. The number of aromatic nitrogens is 2. The van der Waals surface area contributed by atoms with Crippen molar-refractivity contribution in [2.45, 2.75) is 6.42 Å². The quantitative estimate of drug-likeness (QED) is 0.750. The summed E-state index contributed by atoms with van der Waals surface area (Å²) in [6.45, 7) is 0. The molecule has 2 aromatic heterocycles. The van der Waals surface area contributed by atoms with Gasteiger partial charge >= 0.3 is 0 Å². The van der Waals surface area contributed by atoms with Crippen LogP contribution in [-0.4, -0.2) is 9.97 Å². The molecule has 0 radical (unpaired) electrons. The van der Waals surface area contributed by atoms with Crippen LogP contribution < -0.4 is 5.56 Å². The molecule has 0 unspecified atom stereocenters. The molecule has 2 heterocycles. The Bertz CT molecular complexity index is 701. The first-order valence-electron chi connectivity index (χ1n) is 5.32. The van der Waals surface area contributed by atoms with Crippen LogP contribution in [0.25, 0.3) is 10.9 Å². The van der Waals surface area contributed by atoms with E-state index < -0.39 is 0 Å². The molecule has 0 spiro atoms. The van der Waals surface area contributed by atoms with Crippen LogP contribution in [0.4, 0.5) is 0 Å². The number of thiophene rings is 1. The molecule has 3 aromatic rings. The molecule has 84 valence electrons. The van der Waals surface area contributed by atoms with E-state index in [1.807, 2.05) is 29.6 Å². The Morgan fingerprint density at radius 3 is 2.94 bits per heavy atom. The minimum absolute atomic E-state index is 0.0687. The number of aromatic amines is 1. The molecule has 3 rings (SSSR count). The van der Waals surface area contributed by atoms with Gasteiger partial charge in [0.2, 0.25) is 0 Å².